The molecule has 0 aliphatic carbocycles. The molecule has 0 spiro atoms. The number of methoxy groups -OCH3 is 1. The molecule has 154 valence electrons. The van der Waals surface area contributed by atoms with Crippen LogP contribution in [0.5, 0.6) is 11.6 Å². The molecule has 4 aromatic rings. The molecule has 0 saturated carbocycles. The zero-order valence-electron chi connectivity index (χ0n) is 17.5. The molecule has 2 aromatic carbocycles. The Morgan fingerprint density at radius 1 is 1.00 bits per heavy atom. The molecule has 0 aliphatic rings. The molecule has 0 bridgehead atoms. The second-order valence-corrected chi connectivity index (χ2v) is 7.12. The van der Waals surface area contributed by atoms with E-state index in [2.05, 4.69) is 10.2 Å². The highest BCUT2D eigenvalue weighted by atomic mass is 16.5. The Balaban J connectivity index is 1.60. The highest BCUT2D eigenvalue weighted by molar-refractivity contribution is 5.72. The van der Waals surface area contributed by atoms with Crippen molar-refractivity contribution in [2.24, 2.45) is 7.05 Å². The first-order valence-electron chi connectivity index (χ1n) is 9.66. The summed E-state index contributed by atoms with van der Waals surface area (Å²) in [5.74, 6) is 1.33. The van der Waals surface area contributed by atoms with Crippen molar-refractivity contribution in [3.05, 3.63) is 81.9 Å². The van der Waals surface area contributed by atoms with Crippen LogP contribution in [-0.4, -0.2) is 26.7 Å². The van der Waals surface area contributed by atoms with Crippen LogP contribution in [0.3, 0.4) is 0 Å². The number of para-hydroxylation sites is 1. The molecule has 0 atom stereocenters. The Morgan fingerprint density at radius 2 is 1.80 bits per heavy atom. The Morgan fingerprint density at radius 3 is 2.50 bits per heavy atom. The quantitative estimate of drug-likeness (QED) is 0.531. The number of benzene rings is 2. The van der Waals surface area contributed by atoms with Crippen molar-refractivity contribution in [2.45, 2.75) is 20.5 Å². The first-order chi connectivity index (χ1) is 14.5. The number of aryl methyl sites for hydroxylation is 3. The molecule has 4 rings (SSSR count). The lowest BCUT2D eigenvalue weighted by Gasteiger charge is -2.18. The van der Waals surface area contributed by atoms with Crippen LogP contribution < -0.4 is 15.2 Å². The lowest BCUT2D eigenvalue weighted by atomic mass is 10.0. The van der Waals surface area contributed by atoms with E-state index in [-0.39, 0.29) is 5.69 Å². The van der Waals surface area contributed by atoms with E-state index in [9.17, 15) is 4.79 Å². The van der Waals surface area contributed by atoms with Crippen LogP contribution in [0.4, 0.5) is 0 Å². The maximum Gasteiger partial charge on any atom is 0.364 e. The zero-order valence-corrected chi connectivity index (χ0v) is 17.5. The minimum absolute atomic E-state index is 0.114. The Kier molecular flexibility index (Phi) is 5.18. The minimum Gasteiger partial charge on any atom is -0.496 e. The van der Waals surface area contributed by atoms with Gasteiger partial charge in [0.2, 0.25) is 5.88 Å². The summed E-state index contributed by atoms with van der Waals surface area (Å²) in [6, 6.07) is 17.5. The standard InChI is InChI=1S/C23H24N4O3/c1-15-8-7-10-20(27-23(28)26(3)25-27)19(15)14-30-22-13-12-17(16(2)24-22)18-9-5-6-11-21(18)29-4/h5-13,25H,14H2,1-4H3. The van der Waals surface area contributed by atoms with E-state index in [1.165, 1.54) is 9.36 Å². The van der Waals surface area contributed by atoms with E-state index >= 15 is 0 Å². The van der Waals surface area contributed by atoms with Gasteiger partial charge < -0.3 is 9.47 Å². The van der Waals surface area contributed by atoms with Gasteiger partial charge in [-0.15, -0.1) is 0 Å². The first kappa shape index (κ1) is 19.6. The van der Waals surface area contributed by atoms with E-state index in [1.807, 2.05) is 68.4 Å². The van der Waals surface area contributed by atoms with Crippen LogP contribution in [0.25, 0.3) is 16.8 Å². The molecule has 30 heavy (non-hydrogen) atoms. The minimum atomic E-state index is -0.114. The largest absolute Gasteiger partial charge is 0.496 e. The smallest absolute Gasteiger partial charge is 0.364 e. The SMILES string of the molecule is COc1ccccc1-c1ccc(OCc2c(C)cccc2-n2[nH]n(C)c2=O)nc1C. The highest BCUT2D eigenvalue weighted by Crippen LogP contribution is 2.32. The number of hydrogen-bond donors (Lipinski definition) is 1. The Hall–Kier alpha value is -3.74. The van der Waals surface area contributed by atoms with Crippen LogP contribution in [0.15, 0.2) is 59.4 Å². The summed E-state index contributed by atoms with van der Waals surface area (Å²) in [5, 5.41) is 2.95. The molecule has 7 nitrogen and oxygen atoms in total. The number of hydrogen-bond acceptors (Lipinski definition) is 4. The average molecular weight is 404 g/mol. The van der Waals surface area contributed by atoms with Gasteiger partial charge in [-0.05, 0) is 37.6 Å². The molecule has 7 heteroatoms. The summed E-state index contributed by atoms with van der Waals surface area (Å²) in [7, 11) is 3.34. The van der Waals surface area contributed by atoms with Crippen LogP contribution in [-0.2, 0) is 13.7 Å². The summed E-state index contributed by atoms with van der Waals surface area (Å²) in [6.07, 6.45) is 0. The van der Waals surface area contributed by atoms with Gasteiger partial charge in [0, 0.05) is 35.5 Å². The van der Waals surface area contributed by atoms with E-state index in [0.717, 1.165) is 39.4 Å². The number of H-pyrrole nitrogens is 1. The van der Waals surface area contributed by atoms with Crippen molar-refractivity contribution < 1.29 is 9.47 Å². The predicted octanol–water partition coefficient (Wildman–Crippen LogP) is 3.77. The molecular formula is C23H24N4O3. The second kappa shape index (κ2) is 7.94. The fourth-order valence-corrected chi connectivity index (χ4v) is 3.50. The maximum absolute atomic E-state index is 12.1. The molecule has 0 aliphatic heterocycles. The number of aromatic amines is 1. The van der Waals surface area contributed by atoms with Gasteiger partial charge in [-0.3, -0.25) is 0 Å². The second-order valence-electron chi connectivity index (χ2n) is 7.12. The van der Waals surface area contributed by atoms with Gasteiger partial charge in [0.05, 0.1) is 12.8 Å². The lowest BCUT2D eigenvalue weighted by Crippen LogP contribution is -2.40. The fraction of sp³-hybridized carbons (Fsp3) is 0.217. The molecule has 2 heterocycles. The molecule has 0 amide bonds. The van der Waals surface area contributed by atoms with E-state index in [0.29, 0.717) is 12.5 Å². The maximum atomic E-state index is 12.1. The average Bonchev–Trinajstić information content (AvgIpc) is 2.76. The fourth-order valence-electron chi connectivity index (χ4n) is 3.50. The van der Waals surface area contributed by atoms with Gasteiger partial charge >= 0.3 is 5.69 Å². The Bertz CT molecular complexity index is 1250. The highest BCUT2D eigenvalue weighted by Gasteiger charge is 2.15. The molecule has 0 radical (unpaired) electrons. The van der Waals surface area contributed by atoms with E-state index < -0.39 is 0 Å². The predicted molar refractivity (Wildman–Crippen MR) is 115 cm³/mol. The third-order valence-electron chi connectivity index (χ3n) is 5.18. The number of pyridine rings is 1. The van der Waals surface area contributed by atoms with Gasteiger partial charge in [0.25, 0.3) is 0 Å². The summed E-state index contributed by atoms with van der Waals surface area (Å²) in [4.78, 5) is 16.7. The van der Waals surface area contributed by atoms with Crippen molar-refractivity contribution in [1.82, 2.24) is 19.6 Å². The summed E-state index contributed by atoms with van der Waals surface area (Å²) in [6.45, 7) is 4.25. The molecule has 0 unspecified atom stereocenters. The van der Waals surface area contributed by atoms with Crippen molar-refractivity contribution in [1.29, 1.82) is 0 Å². The third kappa shape index (κ3) is 3.50. The zero-order chi connectivity index (χ0) is 21.3. The topological polar surface area (TPSA) is 74.1 Å². The van der Waals surface area contributed by atoms with Crippen molar-refractivity contribution in [2.75, 3.05) is 7.11 Å². The number of aromatic nitrogens is 4. The molecule has 0 saturated heterocycles. The first-order valence-corrected chi connectivity index (χ1v) is 9.66. The van der Waals surface area contributed by atoms with Crippen LogP contribution >= 0.6 is 0 Å². The summed E-state index contributed by atoms with van der Waals surface area (Å²) in [5.41, 5.74) is 5.47. The van der Waals surface area contributed by atoms with Crippen LogP contribution in [0.1, 0.15) is 16.8 Å². The van der Waals surface area contributed by atoms with Crippen molar-refractivity contribution >= 4 is 0 Å². The summed E-state index contributed by atoms with van der Waals surface area (Å²) < 4.78 is 14.4. The lowest BCUT2D eigenvalue weighted by molar-refractivity contribution is 0.291. The van der Waals surface area contributed by atoms with E-state index in [1.54, 1.807) is 14.2 Å². The molecule has 0 fully saturated rings. The van der Waals surface area contributed by atoms with E-state index in [4.69, 9.17) is 9.47 Å². The van der Waals surface area contributed by atoms with Gasteiger partial charge in [-0.1, -0.05) is 30.3 Å². The van der Waals surface area contributed by atoms with Crippen molar-refractivity contribution in [3.63, 3.8) is 0 Å². The van der Waals surface area contributed by atoms with Gasteiger partial charge in [-0.25, -0.2) is 19.7 Å². The number of rotatable bonds is 6. The monoisotopic (exact) mass is 404 g/mol. The van der Waals surface area contributed by atoms with Crippen molar-refractivity contribution in [3.8, 4) is 28.4 Å². The van der Waals surface area contributed by atoms with Crippen LogP contribution in [0, 0.1) is 13.8 Å². The molecule has 2 aromatic heterocycles. The summed E-state index contributed by atoms with van der Waals surface area (Å²) >= 11 is 0. The van der Waals surface area contributed by atoms with Gasteiger partial charge in [0.1, 0.15) is 12.4 Å². The Labute approximate surface area is 174 Å². The number of nitrogens with zero attached hydrogens (tertiary/aromatic N) is 3. The number of nitrogens with one attached hydrogen (secondary N) is 1. The normalized spacial score (nSPS) is 10.9. The molecule has 1 N–H and O–H groups in total. The van der Waals surface area contributed by atoms with Crippen LogP contribution in [0.2, 0.25) is 0 Å². The third-order valence-corrected chi connectivity index (χ3v) is 5.18. The van der Waals surface area contributed by atoms with Gasteiger partial charge in [-0.2, -0.15) is 4.68 Å². The number of ether oxygens (including phenoxy) is 2. The molecular weight excluding hydrogens is 380 g/mol. The van der Waals surface area contributed by atoms with Gasteiger partial charge in [0.15, 0.2) is 0 Å².